The van der Waals surface area contributed by atoms with Crippen LogP contribution in [-0.4, -0.2) is 27.8 Å². The van der Waals surface area contributed by atoms with Crippen molar-refractivity contribution in [2.75, 3.05) is 5.75 Å². The maximum atomic E-state index is 12.3. The van der Waals surface area contributed by atoms with Gasteiger partial charge < -0.3 is 11.1 Å². The van der Waals surface area contributed by atoms with Gasteiger partial charge in [-0.3, -0.25) is 13.8 Å². The highest BCUT2D eigenvalue weighted by molar-refractivity contribution is 7.89. The molecular formula is C15H20N2O3S. The fourth-order valence-corrected chi connectivity index (χ4v) is 3.62. The summed E-state index contributed by atoms with van der Waals surface area (Å²) in [6.45, 7) is 1.51. The van der Waals surface area contributed by atoms with E-state index in [1.165, 1.54) is 12.5 Å². The van der Waals surface area contributed by atoms with Crippen molar-refractivity contribution in [2.24, 2.45) is 11.7 Å². The lowest BCUT2D eigenvalue weighted by Gasteiger charge is -2.25. The summed E-state index contributed by atoms with van der Waals surface area (Å²) in [6.07, 6.45) is 10.8. The molecule has 0 heterocycles. The van der Waals surface area contributed by atoms with Gasteiger partial charge in [-0.1, -0.05) is 29.9 Å². The summed E-state index contributed by atoms with van der Waals surface area (Å²) < 4.78 is 12.3. The Labute approximate surface area is 126 Å². The Morgan fingerprint density at radius 1 is 1.48 bits per heavy atom. The van der Waals surface area contributed by atoms with Crippen LogP contribution >= 0.6 is 0 Å². The van der Waals surface area contributed by atoms with E-state index in [0.29, 0.717) is 5.92 Å². The van der Waals surface area contributed by atoms with Crippen molar-refractivity contribution in [2.45, 2.75) is 32.2 Å². The van der Waals surface area contributed by atoms with Crippen LogP contribution in [-0.2, 0) is 20.4 Å². The van der Waals surface area contributed by atoms with Crippen molar-refractivity contribution in [1.29, 1.82) is 0 Å². The molecule has 0 saturated carbocycles. The lowest BCUT2D eigenvalue weighted by atomic mass is 9.84. The molecule has 0 aliphatic heterocycles. The van der Waals surface area contributed by atoms with E-state index in [1.54, 1.807) is 0 Å². The average molecular weight is 308 g/mol. The van der Waals surface area contributed by atoms with Crippen molar-refractivity contribution in [1.82, 2.24) is 5.32 Å². The lowest BCUT2D eigenvalue weighted by molar-refractivity contribution is -0.125. The van der Waals surface area contributed by atoms with Gasteiger partial charge >= 0.3 is 0 Å². The van der Waals surface area contributed by atoms with Crippen molar-refractivity contribution >= 4 is 22.6 Å². The Bertz CT molecular complexity index is 563. The fourth-order valence-electron chi connectivity index (χ4n) is 2.47. The molecule has 0 radical (unpaired) electrons. The first-order valence-corrected chi connectivity index (χ1v) is 8.32. The van der Waals surface area contributed by atoms with E-state index in [-0.39, 0.29) is 5.75 Å². The van der Waals surface area contributed by atoms with Crippen molar-refractivity contribution < 1.29 is 13.8 Å². The molecule has 0 bridgehead atoms. The van der Waals surface area contributed by atoms with Crippen molar-refractivity contribution in [3.8, 4) is 0 Å². The average Bonchev–Trinajstić information content (AvgIpc) is 2.46. The summed E-state index contributed by atoms with van der Waals surface area (Å²) in [5, 5.41) is 2.45. The molecule has 0 aromatic heterocycles. The summed E-state index contributed by atoms with van der Waals surface area (Å²) in [6, 6.07) is -0.743. The van der Waals surface area contributed by atoms with Crippen LogP contribution in [0, 0.1) is 5.92 Å². The third kappa shape index (κ3) is 4.14. The molecule has 3 atom stereocenters. The molecule has 2 aliphatic rings. The molecule has 2 aliphatic carbocycles. The molecule has 2 amide bonds. The van der Waals surface area contributed by atoms with Crippen LogP contribution < -0.4 is 11.1 Å². The van der Waals surface area contributed by atoms with Crippen LogP contribution in [0.4, 0.5) is 0 Å². The standard InChI is InChI=1S/C15H20N2O3S/c1-10(15(16)19)17-14(18)9-21(20)13-7-6-11-4-2-3-5-12(11)8-13/h2-4,8,10,12H,5-7,9H2,1H3,(H2,16,19)(H,17,18). The zero-order valence-corrected chi connectivity index (χ0v) is 12.8. The summed E-state index contributed by atoms with van der Waals surface area (Å²) in [4.78, 5) is 23.4. The van der Waals surface area contributed by atoms with E-state index >= 15 is 0 Å². The minimum atomic E-state index is -1.34. The highest BCUT2D eigenvalue weighted by Gasteiger charge is 2.23. The van der Waals surface area contributed by atoms with Crippen LogP contribution in [0.2, 0.25) is 0 Å². The number of allylic oxidation sites excluding steroid dienone is 6. The summed E-state index contributed by atoms with van der Waals surface area (Å²) in [7, 11) is -1.34. The molecule has 21 heavy (non-hydrogen) atoms. The quantitative estimate of drug-likeness (QED) is 0.791. The molecule has 0 spiro atoms. The van der Waals surface area contributed by atoms with Gasteiger partial charge in [0.05, 0.1) is 10.8 Å². The smallest absolute Gasteiger partial charge is 0.239 e. The predicted molar refractivity (Wildman–Crippen MR) is 82.5 cm³/mol. The fraction of sp³-hybridized carbons (Fsp3) is 0.467. The molecular weight excluding hydrogens is 288 g/mol. The Kier molecular flexibility index (Phi) is 5.12. The van der Waals surface area contributed by atoms with Gasteiger partial charge in [0.25, 0.3) is 0 Å². The first-order valence-electron chi connectivity index (χ1n) is 7.00. The molecule has 3 N–H and O–H groups in total. The van der Waals surface area contributed by atoms with Gasteiger partial charge in [0, 0.05) is 10.8 Å². The predicted octanol–water partition coefficient (Wildman–Crippen LogP) is 0.905. The minimum absolute atomic E-state index is 0.120. The maximum absolute atomic E-state index is 12.3. The van der Waals surface area contributed by atoms with Gasteiger partial charge in [0.15, 0.2) is 0 Å². The Morgan fingerprint density at radius 3 is 2.95 bits per heavy atom. The van der Waals surface area contributed by atoms with E-state index in [0.717, 1.165) is 24.2 Å². The molecule has 0 saturated heterocycles. The molecule has 6 heteroatoms. The van der Waals surface area contributed by atoms with Gasteiger partial charge in [-0.15, -0.1) is 0 Å². The second kappa shape index (κ2) is 6.85. The number of nitrogens with one attached hydrogen (secondary N) is 1. The number of primary amides is 1. The molecule has 0 aromatic rings. The second-order valence-electron chi connectivity index (χ2n) is 5.33. The number of fused-ring (bicyclic) bond motifs is 1. The number of hydrogen-bond acceptors (Lipinski definition) is 3. The third-order valence-electron chi connectivity index (χ3n) is 3.72. The van der Waals surface area contributed by atoms with Crippen LogP contribution in [0.3, 0.4) is 0 Å². The first-order chi connectivity index (χ1) is 9.97. The van der Waals surface area contributed by atoms with Crippen LogP contribution in [0.5, 0.6) is 0 Å². The first kappa shape index (κ1) is 15.7. The minimum Gasteiger partial charge on any atom is -0.368 e. The molecule has 2 rings (SSSR count). The SMILES string of the molecule is CC(NC(=O)CS(=O)C1=CC2CC=CC=C2CC1)C(N)=O. The van der Waals surface area contributed by atoms with E-state index in [4.69, 9.17) is 5.73 Å². The van der Waals surface area contributed by atoms with Crippen LogP contribution in [0.15, 0.2) is 34.8 Å². The van der Waals surface area contributed by atoms with E-state index < -0.39 is 28.7 Å². The summed E-state index contributed by atoms with van der Waals surface area (Å²) in [5.41, 5.74) is 6.44. The Morgan fingerprint density at radius 2 is 2.24 bits per heavy atom. The lowest BCUT2D eigenvalue weighted by Crippen LogP contribution is -2.43. The third-order valence-corrected chi connectivity index (χ3v) is 5.17. The summed E-state index contributed by atoms with van der Waals surface area (Å²) >= 11 is 0. The number of amides is 2. The molecule has 0 aromatic carbocycles. The van der Waals surface area contributed by atoms with Crippen molar-refractivity contribution in [3.05, 3.63) is 34.8 Å². The monoisotopic (exact) mass is 308 g/mol. The number of hydrogen-bond donors (Lipinski definition) is 2. The second-order valence-corrected chi connectivity index (χ2v) is 6.83. The van der Waals surface area contributed by atoms with Crippen molar-refractivity contribution in [3.63, 3.8) is 0 Å². The highest BCUT2D eigenvalue weighted by Crippen LogP contribution is 2.34. The zero-order chi connectivity index (χ0) is 15.4. The van der Waals surface area contributed by atoms with Crippen LogP contribution in [0.25, 0.3) is 0 Å². The molecule has 0 fully saturated rings. The normalized spacial score (nSPS) is 23.4. The maximum Gasteiger partial charge on any atom is 0.239 e. The topological polar surface area (TPSA) is 89.3 Å². The molecule has 5 nitrogen and oxygen atoms in total. The van der Waals surface area contributed by atoms with Crippen LogP contribution in [0.1, 0.15) is 26.2 Å². The van der Waals surface area contributed by atoms with Gasteiger partial charge in [-0.25, -0.2) is 0 Å². The van der Waals surface area contributed by atoms with Gasteiger partial charge in [0.1, 0.15) is 11.8 Å². The Balaban J connectivity index is 1.93. The number of rotatable bonds is 5. The van der Waals surface area contributed by atoms with Gasteiger partial charge in [-0.05, 0) is 26.2 Å². The highest BCUT2D eigenvalue weighted by atomic mass is 32.2. The van der Waals surface area contributed by atoms with E-state index in [9.17, 15) is 13.8 Å². The summed E-state index contributed by atoms with van der Waals surface area (Å²) in [5.74, 6) is -0.819. The number of carbonyl (C=O) groups is 2. The number of nitrogens with two attached hydrogens (primary N) is 1. The molecule has 114 valence electrons. The van der Waals surface area contributed by atoms with E-state index in [1.807, 2.05) is 6.08 Å². The molecule has 3 unspecified atom stereocenters. The zero-order valence-electron chi connectivity index (χ0n) is 12.0. The Hall–Kier alpha value is -1.69. The largest absolute Gasteiger partial charge is 0.368 e. The van der Waals surface area contributed by atoms with E-state index in [2.05, 4.69) is 23.5 Å². The van der Waals surface area contributed by atoms with Gasteiger partial charge in [-0.2, -0.15) is 0 Å². The van der Waals surface area contributed by atoms with Gasteiger partial charge in [0.2, 0.25) is 11.8 Å². The number of carbonyl (C=O) groups excluding carboxylic acids is 2.